The van der Waals surface area contributed by atoms with Gasteiger partial charge in [0.25, 0.3) is 0 Å². The smallest absolute Gasteiger partial charge is 0.307 e. The van der Waals surface area contributed by atoms with E-state index in [1.807, 2.05) is 6.07 Å². The van der Waals surface area contributed by atoms with Gasteiger partial charge in [0.2, 0.25) is 11.8 Å². The minimum Gasteiger partial charge on any atom is -0.469 e. The van der Waals surface area contributed by atoms with Gasteiger partial charge in [0, 0.05) is 12.1 Å². The lowest BCUT2D eigenvalue weighted by molar-refractivity contribution is -0.141. The molecule has 0 aromatic heterocycles. The molecule has 1 heterocycles. The first-order valence-corrected chi connectivity index (χ1v) is 8.49. The Bertz CT molecular complexity index is 870. The Balaban J connectivity index is 1.85. The number of ether oxygens (including phenoxy) is 1. The van der Waals surface area contributed by atoms with E-state index in [1.54, 1.807) is 24.3 Å². The molecule has 27 heavy (non-hydrogen) atoms. The highest BCUT2D eigenvalue weighted by molar-refractivity contribution is 6.01. The number of esters is 1. The third-order valence-corrected chi connectivity index (χ3v) is 4.49. The van der Waals surface area contributed by atoms with Crippen LogP contribution in [0.4, 0.5) is 10.1 Å². The Kier molecular flexibility index (Phi) is 5.49. The van der Waals surface area contributed by atoms with Crippen LogP contribution in [0, 0.1) is 5.82 Å². The van der Waals surface area contributed by atoms with Gasteiger partial charge < -0.3 is 15.4 Å². The predicted octanol–water partition coefficient (Wildman–Crippen LogP) is 2.67. The monoisotopic (exact) mass is 370 g/mol. The molecule has 2 N–H and O–H groups in total. The van der Waals surface area contributed by atoms with Gasteiger partial charge in [-0.2, -0.15) is 0 Å². The van der Waals surface area contributed by atoms with Crippen LogP contribution >= 0.6 is 0 Å². The standard InChI is InChI=1S/C20H19FN2O4/c1-27-19(25)11-16(12-5-3-2-4-6-12)23-20(26)15-10-18(24)22-17-9-13(21)7-8-14(15)17/h2-9,15-16H,10-11H2,1H3,(H,22,24)(H,23,26)/t15-,16-/m1/s1. The summed E-state index contributed by atoms with van der Waals surface area (Å²) in [5.41, 5.74) is 1.57. The van der Waals surface area contributed by atoms with E-state index in [0.717, 1.165) is 5.56 Å². The number of amides is 2. The van der Waals surface area contributed by atoms with Crippen LogP contribution in [0.5, 0.6) is 0 Å². The van der Waals surface area contributed by atoms with E-state index >= 15 is 0 Å². The Morgan fingerprint density at radius 1 is 1.26 bits per heavy atom. The van der Waals surface area contributed by atoms with Gasteiger partial charge in [-0.05, 0) is 23.3 Å². The second-order valence-electron chi connectivity index (χ2n) is 6.29. The topological polar surface area (TPSA) is 84.5 Å². The first kappa shape index (κ1) is 18.6. The fraction of sp³-hybridized carbons (Fsp3) is 0.250. The summed E-state index contributed by atoms with van der Waals surface area (Å²) < 4.78 is 18.2. The molecule has 0 saturated heterocycles. The summed E-state index contributed by atoms with van der Waals surface area (Å²) in [5.74, 6) is -2.50. The molecule has 7 heteroatoms. The molecule has 0 unspecified atom stereocenters. The zero-order chi connectivity index (χ0) is 19.4. The number of nitrogens with one attached hydrogen (secondary N) is 2. The zero-order valence-electron chi connectivity index (χ0n) is 14.7. The van der Waals surface area contributed by atoms with E-state index < -0.39 is 29.7 Å². The van der Waals surface area contributed by atoms with Crippen LogP contribution in [-0.2, 0) is 19.1 Å². The normalized spacial score (nSPS) is 16.7. The maximum absolute atomic E-state index is 13.5. The molecule has 0 radical (unpaired) electrons. The van der Waals surface area contributed by atoms with Crippen molar-refractivity contribution < 1.29 is 23.5 Å². The summed E-state index contributed by atoms with van der Waals surface area (Å²) in [6.07, 6.45) is -0.0916. The number of methoxy groups -OCH3 is 1. The SMILES string of the molecule is COC(=O)C[C@@H](NC(=O)[C@@H]1CC(=O)Nc2cc(F)ccc21)c1ccccc1. The molecule has 140 valence electrons. The van der Waals surface area contributed by atoms with Gasteiger partial charge >= 0.3 is 5.97 Å². The summed E-state index contributed by atoms with van der Waals surface area (Å²) in [6.45, 7) is 0. The highest BCUT2D eigenvalue weighted by Crippen LogP contribution is 2.33. The average Bonchev–Trinajstić information content (AvgIpc) is 2.66. The Hall–Kier alpha value is -3.22. The molecule has 3 rings (SSSR count). The number of carbonyl (C=O) groups excluding carboxylic acids is 3. The molecular weight excluding hydrogens is 351 g/mol. The molecule has 0 spiro atoms. The number of hydrogen-bond acceptors (Lipinski definition) is 4. The summed E-state index contributed by atoms with van der Waals surface area (Å²) in [5, 5.41) is 5.41. The van der Waals surface area contributed by atoms with Crippen molar-refractivity contribution in [1.82, 2.24) is 5.32 Å². The van der Waals surface area contributed by atoms with Gasteiger partial charge in [-0.3, -0.25) is 14.4 Å². The van der Waals surface area contributed by atoms with Crippen molar-refractivity contribution in [2.75, 3.05) is 12.4 Å². The molecule has 6 nitrogen and oxygen atoms in total. The van der Waals surface area contributed by atoms with Crippen molar-refractivity contribution >= 4 is 23.5 Å². The molecule has 2 aromatic rings. The van der Waals surface area contributed by atoms with E-state index in [0.29, 0.717) is 5.56 Å². The Morgan fingerprint density at radius 3 is 2.70 bits per heavy atom. The number of carbonyl (C=O) groups is 3. The van der Waals surface area contributed by atoms with E-state index in [1.165, 1.54) is 25.3 Å². The minimum absolute atomic E-state index is 0.0402. The molecule has 0 saturated carbocycles. The van der Waals surface area contributed by atoms with Crippen molar-refractivity contribution in [2.45, 2.75) is 24.8 Å². The summed E-state index contributed by atoms with van der Waals surface area (Å²) in [4.78, 5) is 36.6. The quantitative estimate of drug-likeness (QED) is 0.793. The number of benzene rings is 2. The largest absolute Gasteiger partial charge is 0.469 e. The van der Waals surface area contributed by atoms with Crippen molar-refractivity contribution in [3.63, 3.8) is 0 Å². The highest BCUT2D eigenvalue weighted by atomic mass is 19.1. The molecule has 0 aliphatic carbocycles. The van der Waals surface area contributed by atoms with Crippen molar-refractivity contribution in [3.05, 3.63) is 65.5 Å². The van der Waals surface area contributed by atoms with Crippen LogP contribution in [-0.4, -0.2) is 24.9 Å². The second kappa shape index (κ2) is 7.99. The lowest BCUT2D eigenvalue weighted by Crippen LogP contribution is -2.37. The van der Waals surface area contributed by atoms with E-state index in [-0.39, 0.29) is 24.4 Å². The van der Waals surface area contributed by atoms with Crippen molar-refractivity contribution in [3.8, 4) is 0 Å². The molecule has 2 aromatic carbocycles. The van der Waals surface area contributed by atoms with Gasteiger partial charge in [0.15, 0.2) is 0 Å². The fourth-order valence-corrected chi connectivity index (χ4v) is 3.13. The van der Waals surface area contributed by atoms with Crippen molar-refractivity contribution in [1.29, 1.82) is 0 Å². The van der Waals surface area contributed by atoms with Crippen LogP contribution in [0.25, 0.3) is 0 Å². The van der Waals surface area contributed by atoms with E-state index in [9.17, 15) is 18.8 Å². The first-order chi connectivity index (χ1) is 13.0. The molecule has 2 amide bonds. The molecule has 1 aliphatic rings. The molecule has 0 bridgehead atoms. The Labute approximate surface area is 155 Å². The van der Waals surface area contributed by atoms with Gasteiger partial charge in [0.05, 0.1) is 25.5 Å². The first-order valence-electron chi connectivity index (χ1n) is 8.49. The third-order valence-electron chi connectivity index (χ3n) is 4.49. The zero-order valence-corrected chi connectivity index (χ0v) is 14.7. The van der Waals surface area contributed by atoms with Gasteiger partial charge in [-0.1, -0.05) is 36.4 Å². The predicted molar refractivity (Wildman–Crippen MR) is 96.3 cm³/mol. The minimum atomic E-state index is -0.766. The van der Waals surface area contributed by atoms with Crippen LogP contribution in [0.15, 0.2) is 48.5 Å². The highest BCUT2D eigenvalue weighted by Gasteiger charge is 2.32. The van der Waals surface area contributed by atoms with E-state index in [4.69, 9.17) is 4.74 Å². The van der Waals surface area contributed by atoms with Crippen molar-refractivity contribution in [2.24, 2.45) is 0 Å². The maximum atomic E-state index is 13.5. The molecule has 0 fully saturated rings. The molecular formula is C20H19FN2O4. The summed E-state index contributed by atoms with van der Waals surface area (Å²) in [7, 11) is 1.28. The van der Waals surface area contributed by atoms with Gasteiger partial charge in [-0.25, -0.2) is 4.39 Å². The molecule has 1 aliphatic heterocycles. The number of rotatable bonds is 5. The second-order valence-corrected chi connectivity index (χ2v) is 6.29. The third kappa shape index (κ3) is 4.31. The number of fused-ring (bicyclic) bond motifs is 1. The fourth-order valence-electron chi connectivity index (χ4n) is 3.13. The Morgan fingerprint density at radius 2 is 2.00 bits per heavy atom. The lowest BCUT2D eigenvalue weighted by Gasteiger charge is -2.27. The van der Waals surface area contributed by atoms with Crippen LogP contribution in [0.1, 0.15) is 35.9 Å². The number of hydrogen-bond donors (Lipinski definition) is 2. The number of halogens is 1. The van der Waals surface area contributed by atoms with Crippen LogP contribution in [0.2, 0.25) is 0 Å². The lowest BCUT2D eigenvalue weighted by atomic mass is 9.89. The maximum Gasteiger partial charge on any atom is 0.307 e. The number of anilines is 1. The van der Waals surface area contributed by atoms with Crippen LogP contribution < -0.4 is 10.6 Å². The van der Waals surface area contributed by atoms with Gasteiger partial charge in [0.1, 0.15) is 5.82 Å². The summed E-state index contributed by atoms with van der Waals surface area (Å²) >= 11 is 0. The van der Waals surface area contributed by atoms with Crippen LogP contribution in [0.3, 0.4) is 0 Å². The average molecular weight is 370 g/mol. The molecule has 2 atom stereocenters. The van der Waals surface area contributed by atoms with E-state index in [2.05, 4.69) is 10.6 Å². The van der Waals surface area contributed by atoms with Gasteiger partial charge in [-0.15, -0.1) is 0 Å². The summed E-state index contributed by atoms with van der Waals surface area (Å²) in [6, 6.07) is 12.4.